The van der Waals surface area contributed by atoms with Crippen molar-refractivity contribution in [2.24, 2.45) is 0 Å². The molecule has 27 heavy (non-hydrogen) atoms. The van der Waals surface area contributed by atoms with E-state index in [1.54, 1.807) is 0 Å². The molecule has 1 aliphatic rings. The Morgan fingerprint density at radius 2 is 1.67 bits per heavy atom. The fourth-order valence-corrected chi connectivity index (χ4v) is 3.78. The number of rotatable bonds is 4. The van der Waals surface area contributed by atoms with E-state index in [4.69, 9.17) is 9.72 Å². The van der Waals surface area contributed by atoms with Gasteiger partial charge < -0.3 is 10.1 Å². The van der Waals surface area contributed by atoms with E-state index >= 15 is 0 Å². The number of nitrogens with one attached hydrogen (secondary N) is 2. The molecule has 2 aromatic heterocycles. The van der Waals surface area contributed by atoms with Crippen molar-refractivity contribution in [2.45, 2.75) is 18.8 Å². The standard InChI is InChI=1S/C22H22N4O/c1-2-4-18(5-3-1)27-19-8-6-17(7-9-19)21-15-26-22(25-21)20(14-24-26)16-10-12-23-13-11-16/h1-9,14-16,23-24H,10-13H2. The van der Waals surface area contributed by atoms with Gasteiger partial charge in [-0.3, -0.25) is 5.10 Å². The first-order valence-corrected chi connectivity index (χ1v) is 9.47. The summed E-state index contributed by atoms with van der Waals surface area (Å²) in [6, 6.07) is 17.9. The molecular formula is C22H22N4O. The number of aromatic nitrogens is 3. The monoisotopic (exact) mass is 358 g/mol. The number of ether oxygens (including phenoxy) is 1. The molecule has 0 unspecified atom stereocenters. The topological polar surface area (TPSA) is 54.4 Å². The highest BCUT2D eigenvalue weighted by Crippen LogP contribution is 2.30. The van der Waals surface area contributed by atoms with E-state index in [0.29, 0.717) is 5.92 Å². The van der Waals surface area contributed by atoms with Gasteiger partial charge in [-0.1, -0.05) is 18.2 Å². The third-order valence-corrected chi connectivity index (χ3v) is 5.23. The van der Waals surface area contributed by atoms with Crippen molar-refractivity contribution in [3.05, 3.63) is 72.6 Å². The summed E-state index contributed by atoms with van der Waals surface area (Å²) in [7, 11) is 0. The number of para-hydroxylation sites is 1. The van der Waals surface area contributed by atoms with E-state index in [1.807, 2.05) is 47.0 Å². The first kappa shape index (κ1) is 16.1. The molecule has 0 spiro atoms. The molecule has 0 aliphatic carbocycles. The molecule has 5 heteroatoms. The van der Waals surface area contributed by atoms with Crippen LogP contribution in [0.5, 0.6) is 11.5 Å². The second-order valence-corrected chi connectivity index (χ2v) is 7.01. The number of hydrogen-bond acceptors (Lipinski definition) is 3. The lowest BCUT2D eigenvalue weighted by Gasteiger charge is -2.21. The van der Waals surface area contributed by atoms with Crippen molar-refractivity contribution in [1.82, 2.24) is 19.9 Å². The predicted octanol–water partition coefficient (Wildman–Crippen LogP) is 4.59. The van der Waals surface area contributed by atoms with Gasteiger partial charge in [-0.15, -0.1) is 0 Å². The van der Waals surface area contributed by atoms with Crippen LogP contribution >= 0.6 is 0 Å². The summed E-state index contributed by atoms with van der Waals surface area (Å²) in [4.78, 5) is 4.90. The lowest BCUT2D eigenvalue weighted by Crippen LogP contribution is -2.26. The fourth-order valence-electron chi connectivity index (χ4n) is 3.78. The molecule has 0 atom stereocenters. The molecule has 1 saturated heterocycles. The van der Waals surface area contributed by atoms with E-state index in [2.05, 4.69) is 34.9 Å². The number of nitrogens with zero attached hydrogens (tertiary/aromatic N) is 2. The van der Waals surface area contributed by atoms with Crippen molar-refractivity contribution in [3.63, 3.8) is 0 Å². The summed E-state index contributed by atoms with van der Waals surface area (Å²) >= 11 is 0. The molecule has 136 valence electrons. The maximum absolute atomic E-state index is 5.87. The Kier molecular flexibility index (Phi) is 4.14. The van der Waals surface area contributed by atoms with Gasteiger partial charge in [0.25, 0.3) is 0 Å². The summed E-state index contributed by atoms with van der Waals surface area (Å²) in [5.41, 5.74) is 4.43. The zero-order chi connectivity index (χ0) is 18.1. The molecule has 2 N–H and O–H groups in total. The molecule has 2 aromatic carbocycles. The second kappa shape index (κ2) is 6.93. The van der Waals surface area contributed by atoms with Crippen LogP contribution in [0.2, 0.25) is 0 Å². The molecule has 0 bridgehead atoms. The minimum Gasteiger partial charge on any atom is -0.457 e. The van der Waals surface area contributed by atoms with Gasteiger partial charge in [0.2, 0.25) is 0 Å². The predicted molar refractivity (Wildman–Crippen MR) is 106 cm³/mol. The minimum absolute atomic E-state index is 0.580. The molecule has 1 fully saturated rings. The van der Waals surface area contributed by atoms with Gasteiger partial charge in [0.05, 0.1) is 11.9 Å². The first-order valence-electron chi connectivity index (χ1n) is 9.47. The number of imidazole rings is 1. The molecule has 0 saturated carbocycles. The Balaban J connectivity index is 1.39. The number of H-pyrrole nitrogens is 1. The van der Waals surface area contributed by atoms with Gasteiger partial charge in [-0.05, 0) is 68.2 Å². The number of piperidine rings is 1. The highest BCUT2D eigenvalue weighted by molar-refractivity contribution is 5.65. The van der Waals surface area contributed by atoms with Gasteiger partial charge in [-0.25, -0.2) is 9.50 Å². The average Bonchev–Trinajstić information content (AvgIpc) is 3.31. The fraction of sp³-hybridized carbons (Fsp3) is 0.227. The highest BCUT2D eigenvalue weighted by atomic mass is 16.5. The van der Waals surface area contributed by atoms with Crippen LogP contribution in [0.4, 0.5) is 0 Å². The summed E-state index contributed by atoms with van der Waals surface area (Å²) in [6.07, 6.45) is 6.51. The molecule has 0 amide bonds. The summed E-state index contributed by atoms with van der Waals surface area (Å²) in [5, 5.41) is 6.76. The van der Waals surface area contributed by atoms with Crippen LogP contribution in [0, 0.1) is 0 Å². The van der Waals surface area contributed by atoms with Crippen LogP contribution in [-0.4, -0.2) is 27.7 Å². The highest BCUT2D eigenvalue weighted by Gasteiger charge is 2.20. The van der Waals surface area contributed by atoms with Gasteiger partial charge in [0.1, 0.15) is 11.5 Å². The van der Waals surface area contributed by atoms with Crippen molar-refractivity contribution < 1.29 is 4.74 Å². The van der Waals surface area contributed by atoms with Crippen molar-refractivity contribution in [1.29, 1.82) is 0 Å². The van der Waals surface area contributed by atoms with Crippen LogP contribution in [0.15, 0.2) is 67.0 Å². The van der Waals surface area contributed by atoms with E-state index < -0.39 is 0 Å². The summed E-state index contributed by atoms with van der Waals surface area (Å²) < 4.78 is 7.90. The zero-order valence-corrected chi connectivity index (χ0v) is 15.1. The van der Waals surface area contributed by atoms with Crippen molar-refractivity contribution in [2.75, 3.05) is 13.1 Å². The largest absolute Gasteiger partial charge is 0.457 e. The normalized spacial score (nSPS) is 15.3. The summed E-state index contributed by atoms with van der Waals surface area (Å²) in [5.74, 6) is 2.24. The van der Waals surface area contributed by atoms with Gasteiger partial charge in [0, 0.05) is 17.3 Å². The molecule has 4 aromatic rings. The van der Waals surface area contributed by atoms with E-state index in [-0.39, 0.29) is 0 Å². The smallest absolute Gasteiger partial charge is 0.157 e. The SMILES string of the molecule is c1ccc(Oc2ccc(-c3cn4[nH]cc(C5CCNCC5)c4n3)cc2)cc1. The van der Waals surface area contributed by atoms with Crippen LogP contribution in [0.25, 0.3) is 16.9 Å². The van der Waals surface area contributed by atoms with Crippen molar-refractivity contribution in [3.8, 4) is 22.8 Å². The molecule has 5 nitrogen and oxygen atoms in total. The maximum Gasteiger partial charge on any atom is 0.157 e. The Morgan fingerprint density at radius 1 is 0.926 bits per heavy atom. The third-order valence-electron chi connectivity index (χ3n) is 5.23. The molecule has 0 radical (unpaired) electrons. The van der Waals surface area contributed by atoms with Crippen LogP contribution in [0.3, 0.4) is 0 Å². The molecule has 5 rings (SSSR count). The second-order valence-electron chi connectivity index (χ2n) is 7.01. The first-order chi connectivity index (χ1) is 13.4. The average molecular weight is 358 g/mol. The van der Waals surface area contributed by atoms with E-state index in [0.717, 1.165) is 41.5 Å². The third kappa shape index (κ3) is 3.22. The number of benzene rings is 2. The summed E-state index contributed by atoms with van der Waals surface area (Å²) in [6.45, 7) is 2.16. The lowest BCUT2D eigenvalue weighted by atomic mass is 9.92. The molecular weight excluding hydrogens is 336 g/mol. The molecule has 1 aliphatic heterocycles. The minimum atomic E-state index is 0.580. The quantitative estimate of drug-likeness (QED) is 0.561. The van der Waals surface area contributed by atoms with Gasteiger partial charge >= 0.3 is 0 Å². The zero-order valence-electron chi connectivity index (χ0n) is 15.1. The van der Waals surface area contributed by atoms with Gasteiger partial charge in [0.15, 0.2) is 5.65 Å². The number of aromatic amines is 1. The van der Waals surface area contributed by atoms with E-state index in [9.17, 15) is 0 Å². The molecule has 3 heterocycles. The van der Waals surface area contributed by atoms with Crippen LogP contribution < -0.4 is 10.1 Å². The Morgan fingerprint density at radius 3 is 2.44 bits per heavy atom. The van der Waals surface area contributed by atoms with Gasteiger partial charge in [-0.2, -0.15) is 0 Å². The lowest BCUT2D eigenvalue weighted by molar-refractivity contribution is 0.462. The Bertz CT molecular complexity index is 1030. The maximum atomic E-state index is 5.87. The van der Waals surface area contributed by atoms with Crippen LogP contribution in [0.1, 0.15) is 24.3 Å². The number of fused-ring (bicyclic) bond motifs is 1. The van der Waals surface area contributed by atoms with Crippen LogP contribution in [-0.2, 0) is 0 Å². The Hall–Kier alpha value is -3.05. The van der Waals surface area contributed by atoms with Crippen molar-refractivity contribution >= 4 is 5.65 Å². The van der Waals surface area contributed by atoms with E-state index in [1.165, 1.54) is 18.4 Å². The number of hydrogen-bond donors (Lipinski definition) is 2. The Labute approximate surface area is 158 Å².